The lowest BCUT2D eigenvalue weighted by atomic mass is 10.2. The molecule has 3 rings (SSSR count). The molecule has 0 saturated carbocycles. The highest BCUT2D eigenvalue weighted by Crippen LogP contribution is 2.24. The lowest BCUT2D eigenvalue weighted by molar-refractivity contribution is -0.387. The molecule has 0 unspecified atom stereocenters. The number of fused-ring (bicyclic) bond motifs is 1. The number of benzene rings is 2. The largest absolute Gasteiger partial charge is 0.343 e. The van der Waals surface area contributed by atoms with Gasteiger partial charge < -0.3 is 4.57 Å². The van der Waals surface area contributed by atoms with E-state index in [2.05, 4.69) is 0 Å². The summed E-state index contributed by atoms with van der Waals surface area (Å²) in [6.07, 6.45) is 1.63. The molecule has 3 aromatic rings. The second-order valence-electron chi connectivity index (χ2n) is 4.62. The predicted molar refractivity (Wildman–Crippen MR) is 74.1 cm³/mol. The van der Waals surface area contributed by atoms with Gasteiger partial charge in [-0.25, -0.2) is 4.39 Å². The lowest BCUT2D eigenvalue weighted by Gasteiger charge is -2.07. The first-order chi connectivity index (χ1) is 10.1. The molecule has 21 heavy (non-hydrogen) atoms. The van der Waals surface area contributed by atoms with Crippen molar-refractivity contribution in [3.8, 4) is 0 Å². The van der Waals surface area contributed by atoms with Crippen LogP contribution in [0.25, 0.3) is 10.9 Å². The summed E-state index contributed by atoms with van der Waals surface area (Å²) in [6, 6.07) is 10.3. The Bertz CT molecular complexity index is 843. The first-order valence-corrected chi connectivity index (χ1v) is 6.23. The van der Waals surface area contributed by atoms with Crippen molar-refractivity contribution in [2.45, 2.75) is 6.54 Å². The van der Waals surface area contributed by atoms with Crippen molar-refractivity contribution < 1.29 is 13.7 Å². The van der Waals surface area contributed by atoms with Crippen molar-refractivity contribution in [2.24, 2.45) is 0 Å². The molecule has 0 atom stereocenters. The summed E-state index contributed by atoms with van der Waals surface area (Å²) in [5.74, 6) is -1.22. The average Bonchev–Trinajstić information content (AvgIpc) is 2.85. The summed E-state index contributed by atoms with van der Waals surface area (Å²) in [5, 5.41) is 11.2. The van der Waals surface area contributed by atoms with Crippen molar-refractivity contribution in [2.75, 3.05) is 0 Å². The molecular formula is C15H10F2N2O2. The normalized spacial score (nSPS) is 11.0. The van der Waals surface area contributed by atoms with Crippen LogP contribution in [0.15, 0.2) is 48.7 Å². The summed E-state index contributed by atoms with van der Waals surface area (Å²) < 4.78 is 29.3. The summed E-state index contributed by atoms with van der Waals surface area (Å²) in [6.45, 7) is 0.0977. The molecule has 6 heteroatoms. The first-order valence-electron chi connectivity index (χ1n) is 6.23. The van der Waals surface area contributed by atoms with Crippen molar-refractivity contribution >= 4 is 16.6 Å². The molecular weight excluding hydrogens is 278 g/mol. The fourth-order valence-corrected chi connectivity index (χ4v) is 2.34. The van der Waals surface area contributed by atoms with E-state index in [1.165, 1.54) is 18.2 Å². The Labute approximate surface area is 118 Å². The highest BCUT2D eigenvalue weighted by molar-refractivity contribution is 5.80. The molecule has 2 aromatic carbocycles. The Kier molecular flexibility index (Phi) is 3.13. The quantitative estimate of drug-likeness (QED) is 0.542. The number of hydrogen-bond donors (Lipinski definition) is 0. The fourth-order valence-electron chi connectivity index (χ4n) is 2.34. The summed E-state index contributed by atoms with van der Waals surface area (Å²) in [7, 11) is 0. The summed E-state index contributed by atoms with van der Waals surface area (Å²) in [5.41, 5.74) is 0.238. The minimum Gasteiger partial charge on any atom is -0.343 e. The third-order valence-electron chi connectivity index (χ3n) is 3.36. The van der Waals surface area contributed by atoms with Gasteiger partial charge in [0.15, 0.2) is 0 Å². The Hall–Kier alpha value is -2.76. The number of nitro groups is 1. The number of rotatable bonds is 3. The van der Waals surface area contributed by atoms with Gasteiger partial charge in [-0.2, -0.15) is 4.39 Å². The van der Waals surface area contributed by atoms with E-state index < -0.39 is 16.4 Å². The Morgan fingerprint density at radius 1 is 1.10 bits per heavy atom. The Morgan fingerprint density at radius 3 is 2.62 bits per heavy atom. The highest BCUT2D eigenvalue weighted by atomic mass is 19.1. The molecule has 0 bridgehead atoms. The zero-order valence-electron chi connectivity index (χ0n) is 10.8. The van der Waals surface area contributed by atoms with E-state index >= 15 is 0 Å². The Morgan fingerprint density at radius 2 is 1.86 bits per heavy atom. The molecule has 0 spiro atoms. The molecule has 106 valence electrons. The van der Waals surface area contributed by atoms with Crippen LogP contribution in [0.2, 0.25) is 0 Å². The van der Waals surface area contributed by atoms with E-state index in [1.807, 2.05) is 0 Å². The predicted octanol–water partition coefficient (Wildman–Crippen LogP) is 3.88. The third-order valence-corrected chi connectivity index (χ3v) is 3.36. The van der Waals surface area contributed by atoms with Gasteiger partial charge >= 0.3 is 5.69 Å². The maximum absolute atomic E-state index is 14.1. The molecule has 0 radical (unpaired) electrons. The molecule has 4 nitrogen and oxygen atoms in total. The number of nitro benzene ring substituents is 1. The van der Waals surface area contributed by atoms with Gasteiger partial charge in [0.05, 0.1) is 17.0 Å². The van der Waals surface area contributed by atoms with Crippen molar-refractivity contribution in [3.05, 3.63) is 76.0 Å². The SMILES string of the molecule is O=[N+]([O-])c1cccc(Cn2ccc3c(F)cccc32)c1F. The van der Waals surface area contributed by atoms with Crippen molar-refractivity contribution in [1.29, 1.82) is 0 Å². The van der Waals surface area contributed by atoms with Crippen LogP contribution in [0.5, 0.6) is 0 Å². The lowest BCUT2D eigenvalue weighted by Crippen LogP contribution is -2.03. The number of hydrogen-bond acceptors (Lipinski definition) is 2. The maximum Gasteiger partial charge on any atom is 0.305 e. The van der Waals surface area contributed by atoms with E-state index in [1.54, 1.807) is 29.0 Å². The molecule has 1 heterocycles. The molecule has 0 aliphatic carbocycles. The fraction of sp³-hybridized carbons (Fsp3) is 0.0667. The minimum absolute atomic E-state index is 0.0977. The van der Waals surface area contributed by atoms with Crippen molar-refractivity contribution in [3.63, 3.8) is 0 Å². The second kappa shape index (κ2) is 4.97. The maximum atomic E-state index is 14.1. The average molecular weight is 288 g/mol. The number of aromatic nitrogens is 1. The molecule has 0 amide bonds. The first kappa shape index (κ1) is 13.2. The zero-order chi connectivity index (χ0) is 15.0. The van der Waals surface area contributed by atoms with Crippen LogP contribution in [0.3, 0.4) is 0 Å². The summed E-state index contributed by atoms with van der Waals surface area (Å²) >= 11 is 0. The molecule has 0 aliphatic rings. The number of halogens is 2. The van der Waals surface area contributed by atoms with Crippen LogP contribution < -0.4 is 0 Å². The van der Waals surface area contributed by atoms with Crippen LogP contribution in [-0.4, -0.2) is 9.49 Å². The van der Waals surface area contributed by atoms with Crippen molar-refractivity contribution in [1.82, 2.24) is 4.57 Å². The van der Waals surface area contributed by atoms with E-state index in [9.17, 15) is 18.9 Å². The molecule has 0 aliphatic heterocycles. The van der Waals surface area contributed by atoms with Gasteiger partial charge in [-0.15, -0.1) is 0 Å². The van der Waals surface area contributed by atoms with E-state index in [-0.39, 0.29) is 17.9 Å². The standard InChI is InChI=1S/C15H10F2N2O2/c16-12-4-2-5-13-11(12)7-8-18(13)9-10-3-1-6-14(15(10)17)19(20)21/h1-8H,9H2. The second-order valence-corrected chi connectivity index (χ2v) is 4.62. The van der Waals surface area contributed by atoms with Crippen LogP contribution in [0.4, 0.5) is 14.5 Å². The summed E-state index contributed by atoms with van der Waals surface area (Å²) in [4.78, 5) is 9.98. The molecule has 0 fully saturated rings. The van der Waals surface area contributed by atoms with E-state index in [4.69, 9.17) is 0 Å². The van der Waals surface area contributed by atoms with Gasteiger partial charge in [-0.05, 0) is 18.2 Å². The van der Waals surface area contributed by atoms with Gasteiger partial charge in [0, 0.05) is 23.2 Å². The highest BCUT2D eigenvalue weighted by Gasteiger charge is 2.17. The van der Waals surface area contributed by atoms with Crippen LogP contribution >= 0.6 is 0 Å². The molecule has 0 N–H and O–H groups in total. The van der Waals surface area contributed by atoms with E-state index in [0.29, 0.717) is 10.9 Å². The van der Waals surface area contributed by atoms with Crippen LogP contribution in [0.1, 0.15) is 5.56 Å². The molecule has 1 aromatic heterocycles. The smallest absolute Gasteiger partial charge is 0.305 e. The van der Waals surface area contributed by atoms with Gasteiger partial charge in [0.25, 0.3) is 0 Å². The van der Waals surface area contributed by atoms with Gasteiger partial charge in [0.2, 0.25) is 5.82 Å². The van der Waals surface area contributed by atoms with Crippen LogP contribution in [-0.2, 0) is 6.54 Å². The van der Waals surface area contributed by atoms with Gasteiger partial charge in [-0.3, -0.25) is 10.1 Å². The van der Waals surface area contributed by atoms with Gasteiger partial charge in [-0.1, -0.05) is 18.2 Å². The number of nitrogens with zero attached hydrogens (tertiary/aromatic N) is 2. The molecule has 0 saturated heterocycles. The topological polar surface area (TPSA) is 48.1 Å². The monoisotopic (exact) mass is 288 g/mol. The minimum atomic E-state index is -0.860. The van der Waals surface area contributed by atoms with Crippen LogP contribution in [0, 0.1) is 21.7 Å². The van der Waals surface area contributed by atoms with Gasteiger partial charge in [0.1, 0.15) is 5.82 Å². The third kappa shape index (κ3) is 2.24. The van der Waals surface area contributed by atoms with E-state index in [0.717, 1.165) is 6.07 Å². The Balaban J connectivity index is 2.05. The zero-order valence-corrected chi connectivity index (χ0v) is 10.8.